The molecule has 0 aliphatic rings. The predicted molar refractivity (Wildman–Crippen MR) is 102 cm³/mol. The summed E-state index contributed by atoms with van der Waals surface area (Å²) in [7, 11) is 1.55. The van der Waals surface area contributed by atoms with Gasteiger partial charge in [-0.3, -0.25) is 4.79 Å². The zero-order valence-corrected chi connectivity index (χ0v) is 14.8. The zero-order chi connectivity index (χ0) is 17.7. The summed E-state index contributed by atoms with van der Waals surface area (Å²) in [6.07, 6.45) is 0.759. The van der Waals surface area contributed by atoms with E-state index >= 15 is 0 Å². The second-order valence-corrected chi connectivity index (χ2v) is 5.76. The number of anilines is 2. The van der Waals surface area contributed by atoms with E-state index < -0.39 is 0 Å². The molecule has 1 amide bonds. The van der Waals surface area contributed by atoms with E-state index in [0.717, 1.165) is 28.9 Å². The van der Waals surface area contributed by atoms with Gasteiger partial charge in [0.15, 0.2) is 5.11 Å². The second kappa shape index (κ2) is 7.79. The molecule has 2 aromatic rings. The van der Waals surface area contributed by atoms with Crippen molar-refractivity contribution in [3.63, 3.8) is 0 Å². The van der Waals surface area contributed by atoms with Crippen LogP contribution in [-0.4, -0.2) is 18.1 Å². The van der Waals surface area contributed by atoms with Crippen LogP contribution < -0.4 is 21.1 Å². The van der Waals surface area contributed by atoms with Gasteiger partial charge >= 0.3 is 0 Å². The molecule has 0 fully saturated rings. The minimum Gasteiger partial charge on any atom is -0.496 e. The summed E-state index contributed by atoms with van der Waals surface area (Å²) < 4.78 is 5.25. The molecule has 5 nitrogen and oxygen atoms in total. The van der Waals surface area contributed by atoms with Gasteiger partial charge in [-0.15, -0.1) is 0 Å². The Morgan fingerprint density at radius 3 is 2.58 bits per heavy atom. The number of hydrogen-bond acceptors (Lipinski definition) is 3. The number of methoxy groups -OCH3 is 1. The fourth-order valence-electron chi connectivity index (χ4n) is 2.55. The summed E-state index contributed by atoms with van der Waals surface area (Å²) in [5.74, 6) is 0.331. The molecule has 0 atom stereocenters. The van der Waals surface area contributed by atoms with Crippen molar-refractivity contribution in [3.8, 4) is 5.75 Å². The molecule has 0 spiro atoms. The van der Waals surface area contributed by atoms with Crippen LogP contribution in [0.25, 0.3) is 0 Å². The van der Waals surface area contributed by atoms with E-state index in [1.807, 2.05) is 32.0 Å². The molecule has 0 radical (unpaired) electrons. The number of carbonyl (C=O) groups excluding carboxylic acids is 1. The molecule has 0 bridgehead atoms. The van der Waals surface area contributed by atoms with Gasteiger partial charge in [-0.1, -0.05) is 19.1 Å². The van der Waals surface area contributed by atoms with Crippen LogP contribution in [0.2, 0.25) is 0 Å². The Morgan fingerprint density at radius 2 is 1.96 bits per heavy atom. The first-order valence-electron chi connectivity index (χ1n) is 7.60. The molecule has 0 saturated heterocycles. The Kier molecular flexibility index (Phi) is 5.76. The SMILES string of the molecule is CCc1cc(NC(N)=S)cc(C)c1NC(=O)c1ccccc1OC. The summed E-state index contributed by atoms with van der Waals surface area (Å²) >= 11 is 4.88. The first-order valence-corrected chi connectivity index (χ1v) is 8.01. The number of nitrogens with one attached hydrogen (secondary N) is 2. The van der Waals surface area contributed by atoms with Crippen molar-refractivity contribution in [3.05, 3.63) is 53.1 Å². The van der Waals surface area contributed by atoms with Crippen molar-refractivity contribution in [2.75, 3.05) is 17.7 Å². The van der Waals surface area contributed by atoms with Crippen LogP contribution in [0, 0.1) is 6.92 Å². The van der Waals surface area contributed by atoms with E-state index in [0.29, 0.717) is 11.3 Å². The first kappa shape index (κ1) is 17.7. The maximum absolute atomic E-state index is 12.6. The standard InChI is InChI=1S/C18H21N3O2S/c1-4-12-10-13(20-18(19)24)9-11(2)16(12)21-17(22)14-7-5-6-8-15(14)23-3/h5-10H,4H2,1-3H3,(H,21,22)(H3,19,20,24). The molecule has 2 rings (SSSR count). The lowest BCUT2D eigenvalue weighted by Crippen LogP contribution is -2.20. The fraction of sp³-hybridized carbons (Fsp3) is 0.222. The van der Waals surface area contributed by atoms with Crippen molar-refractivity contribution in [2.24, 2.45) is 5.73 Å². The number of thiocarbonyl (C=S) groups is 1. The summed E-state index contributed by atoms with van der Waals surface area (Å²) in [5.41, 5.74) is 9.55. The normalized spacial score (nSPS) is 10.1. The highest BCUT2D eigenvalue weighted by atomic mass is 32.1. The molecule has 0 unspecified atom stereocenters. The Morgan fingerprint density at radius 1 is 1.25 bits per heavy atom. The third kappa shape index (κ3) is 4.02. The third-order valence-electron chi connectivity index (χ3n) is 3.66. The van der Waals surface area contributed by atoms with Crippen molar-refractivity contribution < 1.29 is 9.53 Å². The number of carbonyl (C=O) groups is 1. The topological polar surface area (TPSA) is 76.4 Å². The van der Waals surface area contributed by atoms with Crippen molar-refractivity contribution in [1.82, 2.24) is 0 Å². The molecule has 126 valence electrons. The van der Waals surface area contributed by atoms with E-state index in [-0.39, 0.29) is 11.0 Å². The fourth-order valence-corrected chi connectivity index (χ4v) is 2.66. The summed E-state index contributed by atoms with van der Waals surface area (Å²) in [5, 5.41) is 6.13. The van der Waals surface area contributed by atoms with Crippen LogP contribution in [0.15, 0.2) is 36.4 Å². The molecule has 24 heavy (non-hydrogen) atoms. The molecule has 0 saturated carbocycles. The smallest absolute Gasteiger partial charge is 0.259 e. The van der Waals surface area contributed by atoms with E-state index in [2.05, 4.69) is 10.6 Å². The maximum atomic E-state index is 12.6. The van der Waals surface area contributed by atoms with Gasteiger partial charge in [-0.05, 0) is 61.0 Å². The van der Waals surface area contributed by atoms with Crippen LogP contribution in [0.3, 0.4) is 0 Å². The molecule has 2 aromatic carbocycles. The second-order valence-electron chi connectivity index (χ2n) is 5.32. The van der Waals surface area contributed by atoms with Crippen LogP contribution in [0.5, 0.6) is 5.75 Å². The van der Waals surface area contributed by atoms with Crippen molar-refractivity contribution >= 4 is 34.6 Å². The van der Waals surface area contributed by atoms with Gasteiger partial charge in [0.1, 0.15) is 5.75 Å². The van der Waals surface area contributed by atoms with Gasteiger partial charge in [-0.25, -0.2) is 0 Å². The minimum atomic E-state index is -0.208. The highest BCUT2D eigenvalue weighted by Crippen LogP contribution is 2.28. The van der Waals surface area contributed by atoms with E-state index in [1.165, 1.54) is 0 Å². The molecular weight excluding hydrogens is 322 g/mol. The Bertz CT molecular complexity index is 775. The number of aryl methyl sites for hydroxylation is 2. The summed E-state index contributed by atoms with van der Waals surface area (Å²) in [6, 6.07) is 11.0. The average Bonchev–Trinajstić information content (AvgIpc) is 2.56. The van der Waals surface area contributed by atoms with Gasteiger partial charge in [0.25, 0.3) is 5.91 Å². The van der Waals surface area contributed by atoms with Crippen molar-refractivity contribution in [1.29, 1.82) is 0 Å². The highest BCUT2D eigenvalue weighted by Gasteiger charge is 2.15. The lowest BCUT2D eigenvalue weighted by atomic mass is 10.0. The Labute approximate surface area is 147 Å². The molecular formula is C18H21N3O2S. The van der Waals surface area contributed by atoms with Crippen LogP contribution >= 0.6 is 12.2 Å². The molecule has 6 heteroatoms. The van der Waals surface area contributed by atoms with Gasteiger partial charge in [0, 0.05) is 11.4 Å². The largest absolute Gasteiger partial charge is 0.496 e. The Balaban J connectivity index is 2.35. The quantitative estimate of drug-likeness (QED) is 0.725. The van der Waals surface area contributed by atoms with Crippen LogP contribution in [0.4, 0.5) is 11.4 Å². The number of para-hydroxylation sites is 1. The highest BCUT2D eigenvalue weighted by molar-refractivity contribution is 7.80. The third-order valence-corrected chi connectivity index (χ3v) is 3.76. The van der Waals surface area contributed by atoms with E-state index in [4.69, 9.17) is 22.7 Å². The number of benzene rings is 2. The number of hydrogen-bond donors (Lipinski definition) is 3. The molecule has 4 N–H and O–H groups in total. The van der Waals surface area contributed by atoms with Gasteiger partial charge < -0.3 is 21.1 Å². The van der Waals surface area contributed by atoms with Gasteiger partial charge in [-0.2, -0.15) is 0 Å². The average molecular weight is 343 g/mol. The molecule has 0 aromatic heterocycles. The number of rotatable bonds is 5. The predicted octanol–water partition coefficient (Wildman–Crippen LogP) is 3.47. The lowest BCUT2D eigenvalue weighted by Gasteiger charge is -2.16. The number of amides is 1. The van der Waals surface area contributed by atoms with Gasteiger partial charge in [0.2, 0.25) is 0 Å². The number of ether oxygens (including phenoxy) is 1. The zero-order valence-electron chi connectivity index (χ0n) is 14.0. The monoisotopic (exact) mass is 343 g/mol. The molecule has 0 aliphatic heterocycles. The molecule has 0 aliphatic carbocycles. The lowest BCUT2D eigenvalue weighted by molar-refractivity contribution is 0.102. The van der Waals surface area contributed by atoms with Crippen LogP contribution in [-0.2, 0) is 6.42 Å². The Hall–Kier alpha value is -2.60. The van der Waals surface area contributed by atoms with Crippen LogP contribution in [0.1, 0.15) is 28.4 Å². The van der Waals surface area contributed by atoms with E-state index in [9.17, 15) is 4.79 Å². The first-order chi connectivity index (χ1) is 11.5. The number of nitrogens with two attached hydrogens (primary N) is 1. The van der Waals surface area contributed by atoms with Crippen molar-refractivity contribution in [2.45, 2.75) is 20.3 Å². The minimum absolute atomic E-state index is 0.208. The molecule has 0 heterocycles. The summed E-state index contributed by atoms with van der Waals surface area (Å²) in [6.45, 7) is 3.96. The van der Waals surface area contributed by atoms with Gasteiger partial charge in [0.05, 0.1) is 12.7 Å². The summed E-state index contributed by atoms with van der Waals surface area (Å²) in [4.78, 5) is 12.6. The van der Waals surface area contributed by atoms with E-state index in [1.54, 1.807) is 25.3 Å². The maximum Gasteiger partial charge on any atom is 0.259 e.